The monoisotopic (exact) mass is 111 g/mol. The van der Waals surface area contributed by atoms with Crippen molar-refractivity contribution < 1.29 is 0 Å². The summed E-state index contributed by atoms with van der Waals surface area (Å²) < 4.78 is 0. The zero-order chi connectivity index (χ0) is 5.78. The fourth-order valence-electron chi connectivity index (χ4n) is 2.02. The Bertz CT molecular complexity index is 114. The number of nitrogens with zero attached hydrogens (tertiary/aromatic N) is 1. The smallest absolute Gasteiger partial charge is 0.00501 e. The lowest BCUT2D eigenvalue weighted by Gasteiger charge is -2.37. The van der Waals surface area contributed by atoms with E-state index in [2.05, 4.69) is 18.9 Å². The van der Waals surface area contributed by atoms with Crippen LogP contribution in [0.1, 0.15) is 13.3 Å². The minimum Gasteiger partial charge on any atom is -0.305 e. The molecule has 1 aliphatic heterocycles. The maximum Gasteiger partial charge on any atom is 0.00501 e. The fraction of sp³-hybridized carbons (Fsp3) is 1.00. The van der Waals surface area contributed by atoms with E-state index >= 15 is 0 Å². The molecule has 0 amide bonds. The standard InChI is InChI=1S/C7H13N/c1-6-3-7(6)4-8(2)5-7/h6H,3-5H2,1-2H3. The summed E-state index contributed by atoms with van der Waals surface area (Å²) in [5.74, 6) is 1.04. The highest BCUT2D eigenvalue weighted by molar-refractivity contribution is 5.09. The first-order valence-corrected chi connectivity index (χ1v) is 3.41. The van der Waals surface area contributed by atoms with Gasteiger partial charge in [0.2, 0.25) is 0 Å². The van der Waals surface area contributed by atoms with Gasteiger partial charge in [-0.1, -0.05) is 6.92 Å². The number of likely N-dealkylation sites (tertiary alicyclic amines) is 1. The first-order chi connectivity index (χ1) is 3.73. The van der Waals surface area contributed by atoms with Crippen molar-refractivity contribution in [2.75, 3.05) is 20.1 Å². The van der Waals surface area contributed by atoms with Crippen LogP contribution in [0.15, 0.2) is 0 Å². The van der Waals surface area contributed by atoms with Crippen molar-refractivity contribution in [3.05, 3.63) is 0 Å². The van der Waals surface area contributed by atoms with E-state index in [0.717, 1.165) is 11.3 Å². The molecule has 1 heterocycles. The van der Waals surface area contributed by atoms with Crippen LogP contribution in [0.3, 0.4) is 0 Å². The molecule has 0 aromatic rings. The Labute approximate surface area is 50.7 Å². The van der Waals surface area contributed by atoms with E-state index in [1.165, 1.54) is 19.5 Å². The SMILES string of the molecule is CC1CC12CN(C)C2. The maximum atomic E-state index is 2.41. The highest BCUT2D eigenvalue weighted by Crippen LogP contribution is 2.57. The molecule has 1 saturated carbocycles. The predicted molar refractivity (Wildman–Crippen MR) is 33.7 cm³/mol. The lowest BCUT2D eigenvalue weighted by Crippen LogP contribution is -2.46. The van der Waals surface area contributed by atoms with Crippen molar-refractivity contribution in [1.82, 2.24) is 4.90 Å². The van der Waals surface area contributed by atoms with Gasteiger partial charge in [0.15, 0.2) is 0 Å². The normalized spacial score (nSPS) is 42.0. The summed E-state index contributed by atoms with van der Waals surface area (Å²) in [5.41, 5.74) is 0.828. The van der Waals surface area contributed by atoms with Gasteiger partial charge in [-0.05, 0) is 24.8 Å². The van der Waals surface area contributed by atoms with Crippen LogP contribution in [-0.4, -0.2) is 25.0 Å². The quantitative estimate of drug-likeness (QED) is 0.450. The fourth-order valence-corrected chi connectivity index (χ4v) is 2.02. The van der Waals surface area contributed by atoms with Crippen LogP contribution in [0.4, 0.5) is 0 Å². The first kappa shape index (κ1) is 4.80. The summed E-state index contributed by atoms with van der Waals surface area (Å²) >= 11 is 0. The molecule has 1 saturated heterocycles. The largest absolute Gasteiger partial charge is 0.305 e. The molecular weight excluding hydrogens is 98.1 g/mol. The summed E-state index contributed by atoms with van der Waals surface area (Å²) in [4.78, 5) is 2.41. The number of hydrogen-bond acceptors (Lipinski definition) is 1. The molecule has 2 aliphatic rings. The summed E-state index contributed by atoms with van der Waals surface area (Å²) in [6, 6.07) is 0. The van der Waals surface area contributed by atoms with Gasteiger partial charge < -0.3 is 4.90 Å². The summed E-state index contributed by atoms with van der Waals surface area (Å²) in [6.07, 6.45) is 1.50. The topological polar surface area (TPSA) is 3.24 Å². The van der Waals surface area contributed by atoms with Crippen LogP contribution in [0.5, 0.6) is 0 Å². The molecule has 0 aromatic heterocycles. The van der Waals surface area contributed by atoms with E-state index in [-0.39, 0.29) is 0 Å². The van der Waals surface area contributed by atoms with Gasteiger partial charge in [-0.3, -0.25) is 0 Å². The lowest BCUT2D eigenvalue weighted by molar-refractivity contribution is 0.102. The third-order valence-corrected chi connectivity index (χ3v) is 2.77. The molecule has 1 spiro atoms. The molecule has 0 N–H and O–H groups in total. The Balaban J connectivity index is 1.96. The van der Waals surface area contributed by atoms with Gasteiger partial charge in [-0.15, -0.1) is 0 Å². The Morgan fingerprint density at radius 3 is 2.12 bits per heavy atom. The van der Waals surface area contributed by atoms with Gasteiger partial charge in [0.25, 0.3) is 0 Å². The molecular formula is C7H13N. The van der Waals surface area contributed by atoms with Crippen molar-refractivity contribution in [2.24, 2.45) is 11.3 Å². The van der Waals surface area contributed by atoms with Crippen molar-refractivity contribution >= 4 is 0 Å². The Kier molecular flexibility index (Phi) is 0.663. The molecule has 2 rings (SSSR count). The van der Waals surface area contributed by atoms with Crippen LogP contribution >= 0.6 is 0 Å². The molecule has 0 aromatic carbocycles. The van der Waals surface area contributed by atoms with Gasteiger partial charge >= 0.3 is 0 Å². The first-order valence-electron chi connectivity index (χ1n) is 3.41. The van der Waals surface area contributed by atoms with Crippen LogP contribution in [0.25, 0.3) is 0 Å². The third-order valence-electron chi connectivity index (χ3n) is 2.77. The molecule has 1 unspecified atom stereocenters. The molecule has 8 heavy (non-hydrogen) atoms. The molecule has 2 fully saturated rings. The van der Waals surface area contributed by atoms with E-state index in [0.29, 0.717) is 0 Å². The Hall–Kier alpha value is -0.0400. The zero-order valence-electron chi connectivity index (χ0n) is 5.65. The van der Waals surface area contributed by atoms with Crippen molar-refractivity contribution in [3.63, 3.8) is 0 Å². The van der Waals surface area contributed by atoms with E-state index in [1.54, 1.807) is 0 Å². The second-order valence-electron chi connectivity index (χ2n) is 3.64. The van der Waals surface area contributed by atoms with Gasteiger partial charge in [0.05, 0.1) is 0 Å². The maximum absolute atomic E-state index is 2.41. The molecule has 0 radical (unpaired) electrons. The molecule has 0 bridgehead atoms. The Morgan fingerprint density at radius 2 is 2.00 bits per heavy atom. The molecule has 1 heteroatoms. The summed E-state index contributed by atoms with van der Waals surface area (Å²) in [7, 11) is 2.20. The van der Waals surface area contributed by atoms with Gasteiger partial charge in [0, 0.05) is 13.1 Å². The highest BCUT2D eigenvalue weighted by atomic mass is 15.2. The van der Waals surface area contributed by atoms with E-state index < -0.39 is 0 Å². The zero-order valence-corrected chi connectivity index (χ0v) is 5.65. The number of hydrogen-bond donors (Lipinski definition) is 0. The number of rotatable bonds is 0. The van der Waals surface area contributed by atoms with Crippen molar-refractivity contribution in [2.45, 2.75) is 13.3 Å². The van der Waals surface area contributed by atoms with Crippen molar-refractivity contribution in [3.8, 4) is 0 Å². The molecule has 1 nitrogen and oxygen atoms in total. The molecule has 1 aliphatic carbocycles. The predicted octanol–water partition coefficient (Wildman–Crippen LogP) is 0.958. The average Bonchev–Trinajstić information content (AvgIpc) is 2.13. The lowest BCUT2D eigenvalue weighted by atomic mass is 9.95. The van der Waals surface area contributed by atoms with E-state index in [4.69, 9.17) is 0 Å². The summed E-state index contributed by atoms with van der Waals surface area (Å²) in [6.45, 7) is 5.11. The minimum absolute atomic E-state index is 0.828. The van der Waals surface area contributed by atoms with E-state index in [9.17, 15) is 0 Å². The van der Waals surface area contributed by atoms with Crippen LogP contribution < -0.4 is 0 Å². The van der Waals surface area contributed by atoms with Crippen molar-refractivity contribution in [1.29, 1.82) is 0 Å². The minimum atomic E-state index is 0.828. The van der Waals surface area contributed by atoms with Crippen LogP contribution in [0, 0.1) is 11.3 Å². The second-order valence-corrected chi connectivity index (χ2v) is 3.64. The molecule has 1 atom stereocenters. The highest BCUT2D eigenvalue weighted by Gasteiger charge is 2.57. The van der Waals surface area contributed by atoms with Crippen LogP contribution in [-0.2, 0) is 0 Å². The van der Waals surface area contributed by atoms with Gasteiger partial charge in [-0.2, -0.15) is 0 Å². The Morgan fingerprint density at radius 1 is 1.50 bits per heavy atom. The van der Waals surface area contributed by atoms with Gasteiger partial charge in [-0.25, -0.2) is 0 Å². The second kappa shape index (κ2) is 1.10. The third kappa shape index (κ3) is 0.408. The summed E-state index contributed by atoms with van der Waals surface area (Å²) in [5, 5.41) is 0. The van der Waals surface area contributed by atoms with Crippen LogP contribution in [0.2, 0.25) is 0 Å². The van der Waals surface area contributed by atoms with Gasteiger partial charge in [0.1, 0.15) is 0 Å². The van der Waals surface area contributed by atoms with E-state index in [1.807, 2.05) is 0 Å². The molecule has 46 valence electrons. The average molecular weight is 111 g/mol.